The van der Waals surface area contributed by atoms with Crippen molar-refractivity contribution in [3.8, 4) is 0 Å². The van der Waals surface area contributed by atoms with Crippen molar-refractivity contribution in [3.05, 3.63) is 65.7 Å². The first-order chi connectivity index (χ1) is 13.5. The molecule has 2 amide bonds. The van der Waals surface area contributed by atoms with Gasteiger partial charge in [-0.3, -0.25) is 14.5 Å². The molecule has 5 nitrogen and oxygen atoms in total. The van der Waals surface area contributed by atoms with Gasteiger partial charge >= 0.3 is 0 Å². The van der Waals surface area contributed by atoms with Crippen LogP contribution >= 0.6 is 0 Å². The van der Waals surface area contributed by atoms with Crippen LogP contribution in [0.4, 0.5) is 5.69 Å². The molecule has 1 heterocycles. The Balaban J connectivity index is 1.62. The van der Waals surface area contributed by atoms with Crippen molar-refractivity contribution in [2.75, 3.05) is 25.0 Å². The average Bonchev–Trinajstić information content (AvgIpc) is 2.70. The van der Waals surface area contributed by atoms with E-state index in [4.69, 9.17) is 0 Å². The predicted molar refractivity (Wildman–Crippen MR) is 112 cm³/mol. The lowest BCUT2D eigenvalue weighted by Gasteiger charge is -2.29. The number of hydrogen-bond acceptors (Lipinski definition) is 3. The Bertz CT molecular complexity index is 799. The van der Waals surface area contributed by atoms with Crippen molar-refractivity contribution in [2.24, 2.45) is 5.92 Å². The van der Waals surface area contributed by atoms with Crippen LogP contribution in [0.3, 0.4) is 0 Å². The highest BCUT2D eigenvalue weighted by atomic mass is 16.2. The topological polar surface area (TPSA) is 61.4 Å². The smallest absolute Gasteiger partial charge is 0.253 e. The molecule has 0 aromatic heterocycles. The van der Waals surface area contributed by atoms with Gasteiger partial charge in [-0.25, -0.2) is 0 Å². The molecule has 1 aliphatic rings. The van der Waals surface area contributed by atoms with Crippen LogP contribution in [0.5, 0.6) is 0 Å². The van der Waals surface area contributed by atoms with E-state index < -0.39 is 0 Å². The number of carbonyl (C=O) groups is 2. The molecule has 0 aliphatic carbocycles. The van der Waals surface area contributed by atoms with E-state index in [1.807, 2.05) is 49.4 Å². The van der Waals surface area contributed by atoms with Crippen LogP contribution < -0.4 is 10.6 Å². The molecule has 0 unspecified atom stereocenters. The van der Waals surface area contributed by atoms with E-state index in [1.165, 1.54) is 0 Å². The molecule has 1 fully saturated rings. The molecule has 0 spiro atoms. The first kappa shape index (κ1) is 20.1. The Morgan fingerprint density at radius 1 is 1.04 bits per heavy atom. The van der Waals surface area contributed by atoms with Crippen molar-refractivity contribution in [3.63, 3.8) is 0 Å². The summed E-state index contributed by atoms with van der Waals surface area (Å²) in [6.07, 6.45) is 2.26. The minimum atomic E-state index is -0.195. The second kappa shape index (κ2) is 9.51. The van der Waals surface area contributed by atoms with Gasteiger partial charge in [-0.15, -0.1) is 0 Å². The van der Waals surface area contributed by atoms with E-state index in [1.54, 1.807) is 12.1 Å². The van der Waals surface area contributed by atoms with Crippen LogP contribution in [-0.2, 0) is 4.79 Å². The lowest BCUT2D eigenvalue weighted by molar-refractivity contribution is -0.117. The molecule has 1 saturated heterocycles. The molecule has 0 saturated carbocycles. The number of hydrogen-bond donors (Lipinski definition) is 2. The highest BCUT2D eigenvalue weighted by molar-refractivity contribution is 6.04. The van der Waals surface area contributed by atoms with E-state index >= 15 is 0 Å². The summed E-state index contributed by atoms with van der Waals surface area (Å²) >= 11 is 0. The third-order valence-corrected chi connectivity index (χ3v) is 5.34. The summed E-state index contributed by atoms with van der Waals surface area (Å²) in [7, 11) is 0. The number of carbonyl (C=O) groups excluding carboxylic acids is 2. The third-order valence-electron chi connectivity index (χ3n) is 5.34. The van der Waals surface area contributed by atoms with E-state index in [9.17, 15) is 9.59 Å². The standard InChI is InChI=1S/C23H29N3O2/c1-17-12-14-26(15-13-17)16-22(27)25-21-11-7-6-10-20(21)23(28)24-18(2)19-8-4-3-5-9-19/h3-11,17-18H,12-16H2,1-2H3,(H,24,28)(H,25,27)/t18-/m0/s1. The lowest BCUT2D eigenvalue weighted by Crippen LogP contribution is -2.39. The summed E-state index contributed by atoms with van der Waals surface area (Å²) in [6, 6.07) is 16.9. The number of nitrogens with one attached hydrogen (secondary N) is 2. The molecule has 1 aliphatic heterocycles. The number of benzene rings is 2. The summed E-state index contributed by atoms with van der Waals surface area (Å²) < 4.78 is 0. The molecule has 2 aromatic rings. The van der Waals surface area contributed by atoms with Crippen LogP contribution in [0.25, 0.3) is 0 Å². The zero-order valence-corrected chi connectivity index (χ0v) is 16.7. The number of para-hydroxylation sites is 1. The van der Waals surface area contributed by atoms with Gasteiger partial charge in [0.25, 0.3) is 5.91 Å². The Hall–Kier alpha value is -2.66. The van der Waals surface area contributed by atoms with Gasteiger partial charge < -0.3 is 10.6 Å². The Morgan fingerprint density at radius 3 is 2.39 bits per heavy atom. The van der Waals surface area contributed by atoms with Gasteiger partial charge in [0.1, 0.15) is 0 Å². The molecular weight excluding hydrogens is 350 g/mol. The third kappa shape index (κ3) is 5.42. The van der Waals surface area contributed by atoms with Gasteiger partial charge in [0, 0.05) is 0 Å². The highest BCUT2D eigenvalue weighted by Gasteiger charge is 2.20. The Morgan fingerprint density at radius 2 is 1.68 bits per heavy atom. The summed E-state index contributed by atoms with van der Waals surface area (Å²) in [4.78, 5) is 27.5. The SMILES string of the molecule is CC1CCN(CC(=O)Nc2ccccc2C(=O)N[C@@H](C)c2ccccc2)CC1. The fraction of sp³-hybridized carbons (Fsp3) is 0.391. The van der Waals surface area contributed by atoms with Gasteiger partial charge in [-0.2, -0.15) is 0 Å². The Kier molecular flexibility index (Phi) is 6.82. The van der Waals surface area contributed by atoms with E-state index in [0.717, 1.165) is 37.4 Å². The first-order valence-corrected chi connectivity index (χ1v) is 10.00. The van der Waals surface area contributed by atoms with Gasteiger partial charge in [0.05, 0.1) is 23.8 Å². The van der Waals surface area contributed by atoms with Crippen molar-refractivity contribution in [1.82, 2.24) is 10.2 Å². The van der Waals surface area contributed by atoms with Crippen LogP contribution in [0.15, 0.2) is 54.6 Å². The number of piperidine rings is 1. The molecule has 3 rings (SSSR count). The number of amides is 2. The number of anilines is 1. The van der Waals surface area contributed by atoms with Gasteiger partial charge in [0.2, 0.25) is 5.91 Å². The monoisotopic (exact) mass is 379 g/mol. The van der Waals surface area contributed by atoms with Crippen LogP contribution in [0.2, 0.25) is 0 Å². The summed E-state index contributed by atoms with van der Waals surface area (Å²) in [6.45, 7) is 6.47. The fourth-order valence-corrected chi connectivity index (χ4v) is 3.50. The van der Waals surface area contributed by atoms with Crippen molar-refractivity contribution in [2.45, 2.75) is 32.7 Å². The van der Waals surface area contributed by atoms with Crippen molar-refractivity contribution in [1.29, 1.82) is 0 Å². The minimum absolute atomic E-state index is 0.0779. The molecule has 0 bridgehead atoms. The Labute approximate surface area is 167 Å². The highest BCUT2D eigenvalue weighted by Crippen LogP contribution is 2.19. The molecule has 1 atom stereocenters. The molecule has 148 valence electrons. The largest absolute Gasteiger partial charge is 0.345 e. The van der Waals surface area contributed by atoms with Gasteiger partial charge in [-0.05, 0) is 56.5 Å². The summed E-state index contributed by atoms with van der Waals surface area (Å²) in [5, 5.41) is 5.93. The normalized spacial score (nSPS) is 16.4. The van der Waals surface area contributed by atoms with Crippen LogP contribution in [0, 0.1) is 5.92 Å². The molecular formula is C23H29N3O2. The molecule has 2 aromatic carbocycles. The lowest BCUT2D eigenvalue weighted by atomic mass is 9.99. The molecule has 5 heteroatoms. The summed E-state index contributed by atoms with van der Waals surface area (Å²) in [5.41, 5.74) is 2.07. The minimum Gasteiger partial charge on any atom is -0.345 e. The fourth-order valence-electron chi connectivity index (χ4n) is 3.50. The summed E-state index contributed by atoms with van der Waals surface area (Å²) in [5.74, 6) is 0.459. The number of likely N-dealkylation sites (tertiary alicyclic amines) is 1. The number of nitrogens with zero attached hydrogens (tertiary/aromatic N) is 1. The van der Waals surface area contributed by atoms with Crippen LogP contribution in [-0.4, -0.2) is 36.3 Å². The van der Waals surface area contributed by atoms with E-state index in [-0.39, 0.29) is 17.9 Å². The molecule has 0 radical (unpaired) electrons. The van der Waals surface area contributed by atoms with E-state index in [2.05, 4.69) is 22.5 Å². The van der Waals surface area contributed by atoms with Gasteiger partial charge in [0.15, 0.2) is 0 Å². The predicted octanol–water partition coefficient (Wildman–Crippen LogP) is 3.85. The first-order valence-electron chi connectivity index (χ1n) is 10.00. The maximum absolute atomic E-state index is 12.8. The maximum Gasteiger partial charge on any atom is 0.253 e. The quantitative estimate of drug-likeness (QED) is 0.801. The van der Waals surface area contributed by atoms with E-state index in [0.29, 0.717) is 17.8 Å². The molecule has 28 heavy (non-hydrogen) atoms. The molecule has 2 N–H and O–H groups in total. The van der Waals surface area contributed by atoms with Crippen molar-refractivity contribution >= 4 is 17.5 Å². The maximum atomic E-state index is 12.8. The zero-order valence-electron chi connectivity index (χ0n) is 16.7. The van der Waals surface area contributed by atoms with Crippen molar-refractivity contribution < 1.29 is 9.59 Å². The second-order valence-electron chi connectivity index (χ2n) is 7.66. The van der Waals surface area contributed by atoms with Gasteiger partial charge in [-0.1, -0.05) is 49.4 Å². The van der Waals surface area contributed by atoms with Crippen LogP contribution in [0.1, 0.15) is 48.7 Å². The zero-order chi connectivity index (χ0) is 19.9. The average molecular weight is 380 g/mol. The second-order valence-corrected chi connectivity index (χ2v) is 7.66. The number of rotatable bonds is 6.